The molecular formula is C18H21BrN2O4S. The third-order valence-electron chi connectivity index (χ3n) is 3.53. The fourth-order valence-corrected chi connectivity index (χ4v) is 3.79. The monoisotopic (exact) mass is 440 g/mol. The van der Waals surface area contributed by atoms with Crippen molar-refractivity contribution in [2.45, 2.75) is 24.8 Å². The van der Waals surface area contributed by atoms with Crippen molar-refractivity contribution in [3.8, 4) is 0 Å². The van der Waals surface area contributed by atoms with Crippen LogP contribution in [0.15, 0.2) is 57.9 Å². The van der Waals surface area contributed by atoms with Gasteiger partial charge in [0.15, 0.2) is 0 Å². The van der Waals surface area contributed by atoms with Crippen molar-refractivity contribution in [1.82, 2.24) is 4.72 Å². The van der Waals surface area contributed by atoms with E-state index in [2.05, 4.69) is 26.0 Å². The van der Waals surface area contributed by atoms with Gasteiger partial charge in [0.1, 0.15) is 6.04 Å². The fourth-order valence-electron chi connectivity index (χ4n) is 2.21. The molecule has 140 valence electrons. The maximum atomic E-state index is 12.6. The second kappa shape index (κ2) is 9.16. The molecule has 0 aliphatic rings. The highest BCUT2D eigenvalue weighted by Crippen LogP contribution is 2.16. The van der Waals surface area contributed by atoms with Crippen LogP contribution in [0.4, 0.5) is 5.69 Å². The number of esters is 1. The molecule has 6 nitrogen and oxygen atoms in total. The van der Waals surface area contributed by atoms with Gasteiger partial charge in [-0.1, -0.05) is 39.7 Å². The summed E-state index contributed by atoms with van der Waals surface area (Å²) >= 11 is 3.37. The molecule has 0 saturated carbocycles. The summed E-state index contributed by atoms with van der Waals surface area (Å²) in [4.78, 5) is 12.3. The quantitative estimate of drug-likeness (QED) is 0.616. The van der Waals surface area contributed by atoms with E-state index in [-0.39, 0.29) is 18.0 Å². The Balaban J connectivity index is 2.16. The van der Waals surface area contributed by atoms with Gasteiger partial charge in [0, 0.05) is 16.7 Å². The summed E-state index contributed by atoms with van der Waals surface area (Å²) in [7, 11) is -3.85. The van der Waals surface area contributed by atoms with Crippen molar-refractivity contribution in [2.75, 3.05) is 18.5 Å². The summed E-state index contributed by atoms with van der Waals surface area (Å²) in [6.07, 6.45) is 0. The van der Waals surface area contributed by atoms with Gasteiger partial charge in [-0.15, -0.1) is 0 Å². The van der Waals surface area contributed by atoms with Crippen molar-refractivity contribution < 1.29 is 17.9 Å². The molecule has 0 saturated heterocycles. The van der Waals surface area contributed by atoms with Crippen LogP contribution in [0.25, 0.3) is 0 Å². The van der Waals surface area contributed by atoms with E-state index in [1.54, 1.807) is 19.1 Å². The van der Waals surface area contributed by atoms with Crippen LogP contribution in [-0.2, 0) is 19.6 Å². The summed E-state index contributed by atoms with van der Waals surface area (Å²) in [6, 6.07) is 12.7. The molecule has 0 amide bonds. The molecule has 0 aromatic heterocycles. The van der Waals surface area contributed by atoms with Gasteiger partial charge >= 0.3 is 5.97 Å². The maximum absolute atomic E-state index is 12.6. The normalized spacial score (nSPS) is 12.4. The summed E-state index contributed by atoms with van der Waals surface area (Å²) < 4.78 is 33.4. The van der Waals surface area contributed by atoms with Gasteiger partial charge in [-0.25, -0.2) is 8.42 Å². The molecule has 1 atom stereocenters. The largest absolute Gasteiger partial charge is 0.465 e. The van der Waals surface area contributed by atoms with Crippen LogP contribution < -0.4 is 10.0 Å². The highest BCUT2D eigenvalue weighted by Gasteiger charge is 2.26. The van der Waals surface area contributed by atoms with Crippen LogP contribution in [0.2, 0.25) is 0 Å². The van der Waals surface area contributed by atoms with Gasteiger partial charge in [0.2, 0.25) is 10.0 Å². The number of anilines is 1. The predicted molar refractivity (Wildman–Crippen MR) is 105 cm³/mol. The van der Waals surface area contributed by atoms with E-state index in [1.165, 1.54) is 12.1 Å². The number of halogens is 1. The SMILES string of the molecule is CCOC(=O)C(CNc1cccc(Br)c1)NS(=O)(=O)c1ccc(C)cc1. The Morgan fingerprint density at radius 3 is 2.50 bits per heavy atom. The third-order valence-corrected chi connectivity index (χ3v) is 5.52. The predicted octanol–water partition coefficient (Wildman–Crippen LogP) is 3.08. The molecule has 0 bridgehead atoms. The topological polar surface area (TPSA) is 84.5 Å². The van der Waals surface area contributed by atoms with Crippen molar-refractivity contribution in [3.63, 3.8) is 0 Å². The smallest absolute Gasteiger partial charge is 0.326 e. The van der Waals surface area contributed by atoms with Crippen molar-refractivity contribution in [3.05, 3.63) is 58.6 Å². The average Bonchev–Trinajstić information content (AvgIpc) is 2.59. The van der Waals surface area contributed by atoms with E-state index < -0.39 is 22.0 Å². The number of ether oxygens (including phenoxy) is 1. The molecule has 8 heteroatoms. The second-order valence-corrected chi connectivity index (χ2v) is 8.26. The Morgan fingerprint density at radius 2 is 1.88 bits per heavy atom. The number of rotatable bonds is 8. The van der Waals surface area contributed by atoms with E-state index in [0.717, 1.165) is 15.7 Å². The summed E-state index contributed by atoms with van der Waals surface area (Å²) in [6.45, 7) is 3.76. The third kappa shape index (κ3) is 5.82. The first-order chi connectivity index (χ1) is 12.3. The van der Waals surface area contributed by atoms with Crippen molar-refractivity contribution in [1.29, 1.82) is 0 Å². The van der Waals surface area contributed by atoms with Gasteiger partial charge in [0.25, 0.3) is 0 Å². The van der Waals surface area contributed by atoms with Gasteiger partial charge in [-0.05, 0) is 44.2 Å². The molecule has 0 aliphatic heterocycles. The Labute approximate surface area is 162 Å². The minimum Gasteiger partial charge on any atom is -0.465 e. The summed E-state index contributed by atoms with van der Waals surface area (Å²) in [5.74, 6) is -0.634. The maximum Gasteiger partial charge on any atom is 0.326 e. The molecule has 0 aliphatic carbocycles. The minimum atomic E-state index is -3.85. The molecule has 0 fully saturated rings. The van der Waals surface area contributed by atoms with Crippen molar-refractivity contribution in [2.24, 2.45) is 0 Å². The molecule has 0 spiro atoms. The highest BCUT2D eigenvalue weighted by molar-refractivity contribution is 9.10. The Bertz CT molecular complexity index is 854. The standard InChI is InChI=1S/C18H21BrN2O4S/c1-3-25-18(22)17(12-20-15-6-4-5-14(19)11-15)21-26(23,24)16-9-7-13(2)8-10-16/h4-11,17,20-21H,3,12H2,1-2H3. The highest BCUT2D eigenvalue weighted by atomic mass is 79.9. The lowest BCUT2D eigenvalue weighted by Crippen LogP contribution is -2.46. The molecule has 26 heavy (non-hydrogen) atoms. The summed E-state index contributed by atoms with van der Waals surface area (Å²) in [5.41, 5.74) is 1.70. The lowest BCUT2D eigenvalue weighted by Gasteiger charge is -2.19. The lowest BCUT2D eigenvalue weighted by molar-refractivity contribution is -0.144. The number of aryl methyl sites for hydroxylation is 1. The molecule has 2 N–H and O–H groups in total. The second-order valence-electron chi connectivity index (χ2n) is 5.63. The Morgan fingerprint density at radius 1 is 1.19 bits per heavy atom. The van der Waals surface area contributed by atoms with E-state index in [1.807, 2.05) is 31.2 Å². The van der Waals surface area contributed by atoms with Gasteiger partial charge in [0.05, 0.1) is 11.5 Å². The number of sulfonamides is 1. The van der Waals surface area contributed by atoms with Crippen LogP contribution in [0, 0.1) is 6.92 Å². The molecule has 2 rings (SSSR count). The molecule has 2 aromatic rings. The molecule has 0 heterocycles. The number of benzene rings is 2. The summed E-state index contributed by atoms with van der Waals surface area (Å²) in [5, 5.41) is 3.05. The first kappa shape index (κ1) is 20.4. The Kier molecular flexibility index (Phi) is 7.19. The fraction of sp³-hybridized carbons (Fsp3) is 0.278. The molecule has 0 radical (unpaired) electrons. The van der Waals surface area contributed by atoms with E-state index in [9.17, 15) is 13.2 Å². The first-order valence-corrected chi connectivity index (χ1v) is 10.3. The molecule has 1 unspecified atom stereocenters. The van der Waals surface area contributed by atoms with Crippen molar-refractivity contribution >= 4 is 37.6 Å². The van der Waals surface area contributed by atoms with Gasteiger partial charge in [-0.2, -0.15) is 4.72 Å². The number of hydrogen-bond donors (Lipinski definition) is 2. The van der Waals surface area contributed by atoms with E-state index in [0.29, 0.717) is 0 Å². The van der Waals surface area contributed by atoms with E-state index >= 15 is 0 Å². The Hall–Kier alpha value is -1.90. The zero-order chi connectivity index (χ0) is 19.2. The van der Waals surface area contributed by atoms with Crippen LogP contribution in [0.5, 0.6) is 0 Å². The van der Waals surface area contributed by atoms with Crippen LogP contribution in [0.3, 0.4) is 0 Å². The van der Waals surface area contributed by atoms with E-state index in [4.69, 9.17) is 4.74 Å². The lowest BCUT2D eigenvalue weighted by atomic mass is 10.2. The zero-order valence-electron chi connectivity index (χ0n) is 14.5. The minimum absolute atomic E-state index is 0.0559. The zero-order valence-corrected chi connectivity index (χ0v) is 16.9. The number of carbonyl (C=O) groups excluding carboxylic acids is 1. The number of nitrogens with one attached hydrogen (secondary N) is 2. The van der Waals surface area contributed by atoms with Crippen LogP contribution in [0.1, 0.15) is 12.5 Å². The number of carbonyl (C=O) groups is 1. The van der Waals surface area contributed by atoms with Gasteiger partial charge in [-0.3, -0.25) is 4.79 Å². The van der Waals surface area contributed by atoms with Crippen LogP contribution >= 0.6 is 15.9 Å². The molecular weight excluding hydrogens is 420 g/mol. The van der Waals surface area contributed by atoms with Gasteiger partial charge < -0.3 is 10.1 Å². The average molecular weight is 441 g/mol. The van der Waals surface area contributed by atoms with Crippen LogP contribution in [-0.4, -0.2) is 33.6 Å². The first-order valence-electron chi connectivity index (χ1n) is 8.07. The number of hydrogen-bond acceptors (Lipinski definition) is 5. The molecule has 2 aromatic carbocycles.